The molecular formula is C14H16O2. The number of benzene rings is 1. The van der Waals surface area contributed by atoms with Gasteiger partial charge in [-0.3, -0.25) is 0 Å². The smallest absolute Gasteiger partial charge is 0.146 e. The first-order valence-corrected chi connectivity index (χ1v) is 5.95. The molecule has 1 heterocycles. The Hall–Kier alpha value is -1.28. The van der Waals surface area contributed by atoms with Crippen LogP contribution in [0.4, 0.5) is 0 Å². The molecule has 0 saturated heterocycles. The number of rotatable bonds is 1. The quantitative estimate of drug-likeness (QED) is 0.781. The second-order valence-electron chi connectivity index (χ2n) is 4.58. The van der Waals surface area contributed by atoms with Crippen LogP contribution in [0.15, 0.2) is 36.1 Å². The zero-order valence-electron chi connectivity index (χ0n) is 9.28. The van der Waals surface area contributed by atoms with Crippen molar-refractivity contribution >= 4 is 0 Å². The van der Waals surface area contributed by atoms with Crippen LogP contribution in [0, 0.1) is 0 Å². The van der Waals surface area contributed by atoms with E-state index in [1.165, 1.54) is 5.56 Å². The molecule has 1 atom stereocenters. The van der Waals surface area contributed by atoms with Gasteiger partial charge in [0, 0.05) is 6.42 Å². The number of aliphatic hydroxyl groups is 1. The van der Waals surface area contributed by atoms with Crippen LogP contribution in [0.1, 0.15) is 30.4 Å². The second-order valence-corrected chi connectivity index (χ2v) is 4.58. The first-order valence-electron chi connectivity index (χ1n) is 5.95. The molecule has 1 aliphatic carbocycles. The second kappa shape index (κ2) is 3.63. The van der Waals surface area contributed by atoms with Crippen molar-refractivity contribution in [3.8, 4) is 0 Å². The molecule has 1 aromatic carbocycles. The molecule has 3 rings (SSSR count). The van der Waals surface area contributed by atoms with Gasteiger partial charge < -0.3 is 9.84 Å². The van der Waals surface area contributed by atoms with Crippen LogP contribution < -0.4 is 0 Å². The fraction of sp³-hybridized carbons (Fsp3) is 0.429. The highest BCUT2D eigenvalue weighted by Crippen LogP contribution is 2.42. The zero-order valence-corrected chi connectivity index (χ0v) is 9.28. The SMILES string of the molecule is OC1(C2=CCCO2)CCCc2ccccc21. The van der Waals surface area contributed by atoms with Crippen LogP contribution in [-0.4, -0.2) is 11.7 Å². The number of ether oxygens (including phenoxy) is 1. The van der Waals surface area contributed by atoms with Gasteiger partial charge in [0.2, 0.25) is 0 Å². The van der Waals surface area contributed by atoms with Gasteiger partial charge in [0.1, 0.15) is 11.4 Å². The Kier molecular flexibility index (Phi) is 2.25. The topological polar surface area (TPSA) is 29.5 Å². The molecule has 0 aromatic heterocycles. The first kappa shape index (κ1) is 9.91. The van der Waals surface area contributed by atoms with Gasteiger partial charge >= 0.3 is 0 Å². The predicted molar refractivity (Wildman–Crippen MR) is 61.9 cm³/mol. The maximum Gasteiger partial charge on any atom is 0.146 e. The van der Waals surface area contributed by atoms with E-state index in [-0.39, 0.29) is 0 Å². The fourth-order valence-electron chi connectivity index (χ4n) is 2.77. The monoisotopic (exact) mass is 216 g/mol. The molecule has 2 heteroatoms. The summed E-state index contributed by atoms with van der Waals surface area (Å²) < 4.78 is 5.56. The minimum atomic E-state index is -0.870. The molecule has 16 heavy (non-hydrogen) atoms. The van der Waals surface area contributed by atoms with Crippen molar-refractivity contribution < 1.29 is 9.84 Å². The molecule has 0 amide bonds. The summed E-state index contributed by atoms with van der Waals surface area (Å²) in [7, 11) is 0. The zero-order chi connectivity index (χ0) is 11.0. The largest absolute Gasteiger partial charge is 0.494 e. The van der Waals surface area contributed by atoms with E-state index in [9.17, 15) is 5.11 Å². The highest BCUT2D eigenvalue weighted by Gasteiger charge is 2.40. The van der Waals surface area contributed by atoms with Crippen LogP contribution in [0.3, 0.4) is 0 Å². The third kappa shape index (κ3) is 1.37. The van der Waals surface area contributed by atoms with Gasteiger partial charge in [-0.25, -0.2) is 0 Å². The Morgan fingerprint density at radius 1 is 1.25 bits per heavy atom. The standard InChI is InChI=1S/C14H16O2/c15-14(13-8-4-10-16-13)9-3-6-11-5-1-2-7-12(11)14/h1-2,5,7-8,15H,3-4,6,9-10H2. The predicted octanol–water partition coefficient (Wildman–Crippen LogP) is 2.51. The van der Waals surface area contributed by atoms with Gasteiger partial charge in [0.25, 0.3) is 0 Å². The molecule has 0 saturated carbocycles. The molecule has 0 spiro atoms. The summed E-state index contributed by atoms with van der Waals surface area (Å²) in [5.74, 6) is 0.764. The average molecular weight is 216 g/mol. The van der Waals surface area contributed by atoms with Crippen molar-refractivity contribution in [3.63, 3.8) is 0 Å². The first-order chi connectivity index (χ1) is 7.81. The van der Waals surface area contributed by atoms with Gasteiger partial charge in [0.05, 0.1) is 6.61 Å². The third-order valence-corrected chi connectivity index (χ3v) is 3.56. The van der Waals surface area contributed by atoms with Gasteiger partial charge in [-0.05, 0) is 36.5 Å². The van der Waals surface area contributed by atoms with E-state index in [0.717, 1.165) is 37.0 Å². The molecule has 0 radical (unpaired) electrons. The summed E-state index contributed by atoms with van der Waals surface area (Å²) >= 11 is 0. The van der Waals surface area contributed by atoms with Crippen molar-refractivity contribution in [1.82, 2.24) is 0 Å². The Morgan fingerprint density at radius 3 is 2.94 bits per heavy atom. The van der Waals surface area contributed by atoms with Crippen LogP contribution in [0.2, 0.25) is 0 Å². The lowest BCUT2D eigenvalue weighted by Crippen LogP contribution is -2.33. The summed E-state index contributed by atoms with van der Waals surface area (Å²) in [4.78, 5) is 0. The maximum atomic E-state index is 10.8. The normalized spacial score (nSPS) is 28.2. The summed E-state index contributed by atoms with van der Waals surface area (Å²) in [5, 5.41) is 10.8. The van der Waals surface area contributed by atoms with E-state index in [0.29, 0.717) is 6.61 Å². The summed E-state index contributed by atoms with van der Waals surface area (Å²) in [6, 6.07) is 8.16. The highest BCUT2D eigenvalue weighted by atomic mass is 16.5. The Balaban J connectivity index is 2.09. The minimum absolute atomic E-state index is 0.708. The molecule has 2 aliphatic rings. The van der Waals surface area contributed by atoms with Gasteiger partial charge in [-0.2, -0.15) is 0 Å². The van der Waals surface area contributed by atoms with Gasteiger partial charge in [-0.1, -0.05) is 24.3 Å². The van der Waals surface area contributed by atoms with Crippen LogP contribution in [0.5, 0.6) is 0 Å². The Labute approximate surface area is 95.6 Å². The third-order valence-electron chi connectivity index (χ3n) is 3.56. The number of fused-ring (bicyclic) bond motifs is 1. The maximum absolute atomic E-state index is 10.8. The van der Waals surface area contributed by atoms with E-state index in [4.69, 9.17) is 4.74 Å². The summed E-state index contributed by atoms with van der Waals surface area (Å²) in [5.41, 5.74) is 1.42. The van der Waals surface area contributed by atoms with E-state index in [1.807, 2.05) is 24.3 Å². The molecule has 1 N–H and O–H groups in total. The minimum Gasteiger partial charge on any atom is -0.494 e. The van der Waals surface area contributed by atoms with Crippen molar-refractivity contribution in [2.24, 2.45) is 0 Å². The van der Waals surface area contributed by atoms with Crippen LogP contribution in [-0.2, 0) is 16.8 Å². The highest BCUT2D eigenvalue weighted by molar-refractivity contribution is 5.40. The van der Waals surface area contributed by atoms with Crippen LogP contribution in [0.25, 0.3) is 0 Å². The Bertz CT molecular complexity index is 436. The number of hydrogen-bond donors (Lipinski definition) is 1. The van der Waals surface area contributed by atoms with E-state index < -0.39 is 5.60 Å². The average Bonchev–Trinajstić information content (AvgIpc) is 2.84. The van der Waals surface area contributed by atoms with Gasteiger partial charge in [0.15, 0.2) is 0 Å². The van der Waals surface area contributed by atoms with E-state index >= 15 is 0 Å². The molecular weight excluding hydrogens is 200 g/mol. The molecule has 0 fully saturated rings. The molecule has 0 bridgehead atoms. The lowest BCUT2D eigenvalue weighted by Gasteiger charge is -2.34. The van der Waals surface area contributed by atoms with Crippen LogP contribution >= 0.6 is 0 Å². The van der Waals surface area contributed by atoms with Crippen molar-refractivity contribution in [2.75, 3.05) is 6.61 Å². The summed E-state index contributed by atoms with van der Waals surface area (Å²) in [6.07, 6.45) is 5.80. The molecule has 84 valence electrons. The molecule has 1 unspecified atom stereocenters. The van der Waals surface area contributed by atoms with E-state index in [2.05, 4.69) is 6.07 Å². The molecule has 1 aliphatic heterocycles. The molecule has 2 nitrogen and oxygen atoms in total. The van der Waals surface area contributed by atoms with Crippen molar-refractivity contribution in [3.05, 3.63) is 47.2 Å². The van der Waals surface area contributed by atoms with Gasteiger partial charge in [-0.15, -0.1) is 0 Å². The van der Waals surface area contributed by atoms with E-state index in [1.54, 1.807) is 0 Å². The number of hydrogen-bond acceptors (Lipinski definition) is 2. The fourth-order valence-corrected chi connectivity index (χ4v) is 2.77. The summed E-state index contributed by atoms with van der Waals surface area (Å²) in [6.45, 7) is 0.708. The lowest BCUT2D eigenvalue weighted by atomic mass is 9.78. The van der Waals surface area contributed by atoms with Crippen molar-refractivity contribution in [1.29, 1.82) is 0 Å². The Morgan fingerprint density at radius 2 is 2.12 bits per heavy atom. The lowest BCUT2D eigenvalue weighted by molar-refractivity contribution is 0.00146. The number of aryl methyl sites for hydroxylation is 1. The van der Waals surface area contributed by atoms with Crippen molar-refractivity contribution in [2.45, 2.75) is 31.3 Å². The molecule has 1 aromatic rings.